The van der Waals surface area contributed by atoms with Gasteiger partial charge in [0.2, 0.25) is 0 Å². The maximum Gasteiger partial charge on any atom is 0.282 e. The van der Waals surface area contributed by atoms with E-state index in [9.17, 15) is 8.42 Å². The highest BCUT2D eigenvalue weighted by Gasteiger charge is 2.35. The Hall–Kier alpha value is -0.950. The third kappa shape index (κ3) is 3.29. The van der Waals surface area contributed by atoms with Gasteiger partial charge in [-0.05, 0) is 30.9 Å². The summed E-state index contributed by atoms with van der Waals surface area (Å²) in [7, 11) is -3.30. The standard InChI is InChI=1S/C15H23N3O2S/c19-21(20,17-10-4-8-16-9-12-17)18-11-7-15(13-18)14-5-2-1-3-6-14/h1-3,5-6,15-16H,4,7-13H2. The smallest absolute Gasteiger partial charge is 0.282 e. The summed E-state index contributed by atoms with van der Waals surface area (Å²) in [6.45, 7) is 4.09. The molecule has 0 radical (unpaired) electrons. The number of rotatable bonds is 3. The van der Waals surface area contributed by atoms with Gasteiger partial charge in [-0.25, -0.2) is 0 Å². The van der Waals surface area contributed by atoms with E-state index in [1.54, 1.807) is 8.61 Å². The highest BCUT2D eigenvalue weighted by Crippen LogP contribution is 2.29. The van der Waals surface area contributed by atoms with E-state index in [-0.39, 0.29) is 0 Å². The van der Waals surface area contributed by atoms with Gasteiger partial charge in [-0.1, -0.05) is 30.3 Å². The van der Waals surface area contributed by atoms with Crippen molar-refractivity contribution in [2.75, 3.05) is 39.3 Å². The van der Waals surface area contributed by atoms with Gasteiger partial charge in [0.1, 0.15) is 0 Å². The fourth-order valence-electron chi connectivity index (χ4n) is 3.15. The molecule has 3 rings (SSSR count). The molecule has 2 saturated heterocycles. The summed E-state index contributed by atoms with van der Waals surface area (Å²) in [5.41, 5.74) is 1.24. The second-order valence-corrected chi connectivity index (χ2v) is 7.69. The topological polar surface area (TPSA) is 52.7 Å². The Morgan fingerprint density at radius 2 is 1.81 bits per heavy atom. The molecular formula is C15H23N3O2S. The number of hydrogen-bond donors (Lipinski definition) is 1. The Morgan fingerprint density at radius 1 is 1.00 bits per heavy atom. The molecule has 0 saturated carbocycles. The van der Waals surface area contributed by atoms with E-state index in [4.69, 9.17) is 0 Å². The van der Waals surface area contributed by atoms with Crippen LogP contribution < -0.4 is 5.32 Å². The van der Waals surface area contributed by atoms with E-state index in [1.165, 1.54) is 5.56 Å². The lowest BCUT2D eigenvalue weighted by atomic mass is 9.99. The summed E-state index contributed by atoms with van der Waals surface area (Å²) in [5, 5.41) is 3.25. The molecule has 1 N–H and O–H groups in total. The van der Waals surface area contributed by atoms with Crippen molar-refractivity contribution in [2.45, 2.75) is 18.8 Å². The zero-order valence-electron chi connectivity index (χ0n) is 12.2. The van der Waals surface area contributed by atoms with Crippen molar-refractivity contribution in [2.24, 2.45) is 0 Å². The number of hydrogen-bond acceptors (Lipinski definition) is 3. The molecule has 0 aromatic heterocycles. The monoisotopic (exact) mass is 309 g/mol. The van der Waals surface area contributed by atoms with Crippen LogP contribution in [-0.2, 0) is 10.2 Å². The molecule has 1 unspecified atom stereocenters. The fourth-order valence-corrected chi connectivity index (χ4v) is 4.86. The summed E-state index contributed by atoms with van der Waals surface area (Å²) in [6, 6.07) is 10.2. The van der Waals surface area contributed by atoms with Crippen molar-refractivity contribution in [3.05, 3.63) is 35.9 Å². The van der Waals surface area contributed by atoms with Crippen LogP contribution in [0, 0.1) is 0 Å². The molecule has 0 amide bonds. The zero-order valence-corrected chi connectivity index (χ0v) is 13.1. The van der Waals surface area contributed by atoms with Gasteiger partial charge in [0.25, 0.3) is 10.2 Å². The van der Waals surface area contributed by atoms with Crippen molar-refractivity contribution in [1.29, 1.82) is 0 Å². The quantitative estimate of drug-likeness (QED) is 0.907. The molecule has 0 spiro atoms. The molecule has 2 fully saturated rings. The average molecular weight is 309 g/mol. The maximum atomic E-state index is 12.7. The second-order valence-electron chi connectivity index (χ2n) is 5.76. The van der Waals surface area contributed by atoms with Crippen LogP contribution in [0.5, 0.6) is 0 Å². The van der Waals surface area contributed by atoms with E-state index in [1.807, 2.05) is 18.2 Å². The van der Waals surface area contributed by atoms with Crippen LogP contribution in [0.15, 0.2) is 30.3 Å². The Balaban J connectivity index is 1.70. The minimum atomic E-state index is -3.30. The van der Waals surface area contributed by atoms with Gasteiger partial charge in [0, 0.05) is 32.7 Å². The largest absolute Gasteiger partial charge is 0.315 e. The normalized spacial score (nSPS) is 25.8. The lowest BCUT2D eigenvalue weighted by Crippen LogP contribution is -2.44. The summed E-state index contributed by atoms with van der Waals surface area (Å²) in [6.07, 6.45) is 1.80. The fraction of sp³-hybridized carbons (Fsp3) is 0.600. The third-order valence-corrected chi connectivity index (χ3v) is 6.38. The molecule has 5 nitrogen and oxygen atoms in total. The predicted molar refractivity (Wildman–Crippen MR) is 83.4 cm³/mol. The molecule has 21 heavy (non-hydrogen) atoms. The third-order valence-electron chi connectivity index (χ3n) is 4.37. The van der Waals surface area contributed by atoms with Gasteiger partial charge in [0.05, 0.1) is 0 Å². The zero-order chi connectivity index (χ0) is 14.7. The van der Waals surface area contributed by atoms with Crippen molar-refractivity contribution < 1.29 is 8.42 Å². The van der Waals surface area contributed by atoms with Crippen molar-refractivity contribution >= 4 is 10.2 Å². The average Bonchev–Trinajstić information content (AvgIpc) is 2.84. The van der Waals surface area contributed by atoms with Crippen LogP contribution in [-0.4, -0.2) is 56.3 Å². The maximum absolute atomic E-state index is 12.7. The van der Waals surface area contributed by atoms with Gasteiger partial charge in [-0.2, -0.15) is 17.0 Å². The number of nitrogens with zero attached hydrogens (tertiary/aromatic N) is 2. The van der Waals surface area contributed by atoms with E-state index >= 15 is 0 Å². The van der Waals surface area contributed by atoms with Gasteiger partial charge in [-0.3, -0.25) is 0 Å². The molecule has 2 aliphatic heterocycles. The number of nitrogens with one attached hydrogen (secondary N) is 1. The van der Waals surface area contributed by atoms with Crippen molar-refractivity contribution in [3.63, 3.8) is 0 Å². The summed E-state index contributed by atoms with van der Waals surface area (Å²) >= 11 is 0. The van der Waals surface area contributed by atoms with Gasteiger partial charge >= 0.3 is 0 Å². The molecule has 116 valence electrons. The SMILES string of the molecule is O=S(=O)(N1CCCNCC1)N1CCC(c2ccccc2)C1. The number of benzene rings is 1. The van der Waals surface area contributed by atoms with E-state index in [0.29, 0.717) is 32.1 Å². The van der Waals surface area contributed by atoms with Crippen molar-refractivity contribution in [1.82, 2.24) is 13.9 Å². The van der Waals surface area contributed by atoms with E-state index in [0.717, 1.165) is 25.9 Å². The van der Waals surface area contributed by atoms with Crippen molar-refractivity contribution in [3.8, 4) is 0 Å². The highest BCUT2D eigenvalue weighted by molar-refractivity contribution is 7.86. The van der Waals surface area contributed by atoms with Gasteiger partial charge < -0.3 is 5.32 Å². The molecule has 1 aromatic rings. The summed E-state index contributed by atoms with van der Waals surface area (Å²) in [5.74, 6) is 0.325. The van der Waals surface area contributed by atoms with Crippen LogP contribution in [0.3, 0.4) is 0 Å². The molecule has 2 heterocycles. The first kappa shape index (κ1) is 15.0. The van der Waals surface area contributed by atoms with E-state index in [2.05, 4.69) is 17.4 Å². The van der Waals surface area contributed by atoms with Crippen LogP contribution >= 0.6 is 0 Å². The first-order valence-electron chi connectivity index (χ1n) is 7.69. The van der Waals surface area contributed by atoms with Crippen LogP contribution in [0.25, 0.3) is 0 Å². The second kappa shape index (κ2) is 6.44. The van der Waals surface area contributed by atoms with Crippen LogP contribution in [0.4, 0.5) is 0 Å². The Labute approximate surface area is 127 Å². The molecule has 1 atom stereocenters. The summed E-state index contributed by atoms with van der Waals surface area (Å²) in [4.78, 5) is 0. The minimum absolute atomic E-state index is 0.325. The molecule has 0 aliphatic carbocycles. The Kier molecular flexibility index (Phi) is 4.59. The van der Waals surface area contributed by atoms with E-state index < -0.39 is 10.2 Å². The van der Waals surface area contributed by atoms with Crippen LogP contribution in [0.1, 0.15) is 24.3 Å². The molecule has 1 aromatic carbocycles. The van der Waals surface area contributed by atoms with Gasteiger partial charge in [0.15, 0.2) is 0 Å². The first-order chi connectivity index (χ1) is 10.2. The van der Waals surface area contributed by atoms with Gasteiger partial charge in [-0.15, -0.1) is 0 Å². The molecular weight excluding hydrogens is 286 g/mol. The highest BCUT2D eigenvalue weighted by atomic mass is 32.2. The first-order valence-corrected chi connectivity index (χ1v) is 9.08. The molecule has 2 aliphatic rings. The predicted octanol–water partition coefficient (Wildman–Crippen LogP) is 1.02. The van der Waals surface area contributed by atoms with Crippen LogP contribution in [0.2, 0.25) is 0 Å². The molecule has 6 heteroatoms. The lowest BCUT2D eigenvalue weighted by molar-refractivity contribution is 0.370. The lowest BCUT2D eigenvalue weighted by Gasteiger charge is -2.26. The summed E-state index contributed by atoms with van der Waals surface area (Å²) < 4.78 is 28.8. The molecule has 0 bridgehead atoms. The Bertz CT molecular complexity index is 554. The minimum Gasteiger partial charge on any atom is -0.315 e. The Morgan fingerprint density at radius 3 is 2.62 bits per heavy atom.